The van der Waals surface area contributed by atoms with Gasteiger partial charge in [-0.15, -0.1) is 0 Å². The molecule has 1 aromatic carbocycles. The van der Waals surface area contributed by atoms with Crippen molar-refractivity contribution in [1.82, 2.24) is 4.31 Å². The van der Waals surface area contributed by atoms with Crippen LogP contribution in [0.25, 0.3) is 0 Å². The molecule has 9 heteroatoms. The van der Waals surface area contributed by atoms with Crippen LogP contribution in [0.3, 0.4) is 0 Å². The van der Waals surface area contributed by atoms with Gasteiger partial charge in [-0.2, -0.15) is 0 Å². The molecular formula is C11H17N3O5S. The minimum absolute atomic E-state index is 0.0771. The lowest BCUT2D eigenvalue weighted by Gasteiger charge is -2.12. The van der Waals surface area contributed by atoms with Crippen LogP contribution in [-0.2, 0) is 10.0 Å². The van der Waals surface area contributed by atoms with E-state index in [0.29, 0.717) is 5.75 Å². The molecule has 112 valence electrons. The van der Waals surface area contributed by atoms with Gasteiger partial charge in [0.2, 0.25) is 10.0 Å². The van der Waals surface area contributed by atoms with Crippen molar-refractivity contribution in [2.45, 2.75) is 0 Å². The molecular weight excluding hydrogens is 286 g/mol. The summed E-state index contributed by atoms with van der Waals surface area (Å²) in [5.74, 6) is 0.214. The Bertz CT molecular complexity index is 586. The Kier molecular flexibility index (Phi) is 5.28. The average molecular weight is 303 g/mol. The molecule has 20 heavy (non-hydrogen) atoms. The molecule has 0 heterocycles. The van der Waals surface area contributed by atoms with Gasteiger partial charge in [0.05, 0.1) is 23.9 Å². The Balaban J connectivity index is 2.81. The van der Waals surface area contributed by atoms with Crippen molar-refractivity contribution in [2.75, 3.05) is 38.8 Å². The van der Waals surface area contributed by atoms with E-state index in [2.05, 4.69) is 5.32 Å². The molecule has 0 aliphatic heterocycles. The number of ether oxygens (including phenoxy) is 1. The van der Waals surface area contributed by atoms with Crippen molar-refractivity contribution >= 4 is 21.4 Å². The van der Waals surface area contributed by atoms with Crippen molar-refractivity contribution in [3.63, 3.8) is 0 Å². The molecule has 0 saturated carbocycles. The van der Waals surface area contributed by atoms with E-state index in [9.17, 15) is 18.5 Å². The monoisotopic (exact) mass is 303 g/mol. The van der Waals surface area contributed by atoms with E-state index < -0.39 is 14.9 Å². The SMILES string of the molecule is COc1ccc(NCCS(=O)(=O)N(C)C)c([N+](=O)[O-])c1. The second-order valence-corrected chi connectivity index (χ2v) is 6.47. The molecule has 0 saturated heterocycles. The van der Waals surface area contributed by atoms with E-state index in [0.717, 1.165) is 4.31 Å². The number of anilines is 1. The number of sulfonamides is 1. The zero-order chi connectivity index (χ0) is 15.3. The third-order valence-electron chi connectivity index (χ3n) is 2.63. The minimum atomic E-state index is -3.34. The molecule has 0 aliphatic carbocycles. The summed E-state index contributed by atoms with van der Waals surface area (Å²) in [6, 6.07) is 4.33. The molecule has 0 fully saturated rings. The smallest absolute Gasteiger partial charge is 0.296 e. The summed E-state index contributed by atoms with van der Waals surface area (Å²) < 4.78 is 29.2. The lowest BCUT2D eigenvalue weighted by molar-refractivity contribution is -0.384. The molecule has 8 nitrogen and oxygen atoms in total. The second-order valence-electron chi connectivity index (χ2n) is 4.17. The number of benzene rings is 1. The van der Waals surface area contributed by atoms with Crippen LogP contribution < -0.4 is 10.1 Å². The molecule has 0 aliphatic rings. The van der Waals surface area contributed by atoms with Crippen LogP contribution in [0, 0.1) is 10.1 Å². The summed E-state index contributed by atoms with van der Waals surface area (Å²) in [5.41, 5.74) is 0.0938. The van der Waals surface area contributed by atoms with Gasteiger partial charge in [0.15, 0.2) is 0 Å². The van der Waals surface area contributed by atoms with Gasteiger partial charge in [0.1, 0.15) is 11.4 Å². The van der Waals surface area contributed by atoms with Crippen LogP contribution >= 0.6 is 0 Å². The van der Waals surface area contributed by atoms with Crippen LogP contribution in [-0.4, -0.2) is 51.1 Å². The number of methoxy groups -OCH3 is 1. The third-order valence-corrected chi connectivity index (χ3v) is 4.47. The molecule has 0 atom stereocenters. The Morgan fingerprint density at radius 2 is 2.05 bits per heavy atom. The minimum Gasteiger partial charge on any atom is -0.496 e. The Hall–Kier alpha value is -1.87. The van der Waals surface area contributed by atoms with Crippen molar-refractivity contribution in [1.29, 1.82) is 0 Å². The Morgan fingerprint density at radius 3 is 2.55 bits per heavy atom. The van der Waals surface area contributed by atoms with Gasteiger partial charge in [-0.1, -0.05) is 0 Å². The number of nitrogens with zero attached hydrogens (tertiary/aromatic N) is 2. The van der Waals surface area contributed by atoms with Gasteiger partial charge in [0.25, 0.3) is 5.69 Å². The van der Waals surface area contributed by atoms with Gasteiger partial charge >= 0.3 is 0 Å². The highest BCUT2D eigenvalue weighted by atomic mass is 32.2. The van der Waals surface area contributed by atoms with Gasteiger partial charge in [0, 0.05) is 20.6 Å². The first kappa shape index (κ1) is 16.2. The fraction of sp³-hybridized carbons (Fsp3) is 0.455. The summed E-state index contributed by atoms with van der Waals surface area (Å²) in [7, 11) is 0.946. The highest BCUT2D eigenvalue weighted by Gasteiger charge is 2.17. The fourth-order valence-electron chi connectivity index (χ4n) is 1.44. The van der Waals surface area contributed by atoms with Crippen LogP contribution in [0.5, 0.6) is 5.75 Å². The highest BCUT2D eigenvalue weighted by Crippen LogP contribution is 2.28. The van der Waals surface area contributed by atoms with Gasteiger partial charge in [-0.3, -0.25) is 10.1 Å². The predicted molar refractivity (Wildman–Crippen MR) is 75.6 cm³/mol. The van der Waals surface area contributed by atoms with Gasteiger partial charge in [-0.05, 0) is 12.1 Å². The normalized spacial score (nSPS) is 11.4. The molecule has 0 spiro atoms. The first-order chi connectivity index (χ1) is 9.27. The van der Waals surface area contributed by atoms with E-state index >= 15 is 0 Å². The maximum atomic E-state index is 11.6. The molecule has 0 aromatic heterocycles. The lowest BCUT2D eigenvalue weighted by Crippen LogP contribution is -2.28. The number of nitrogens with one attached hydrogen (secondary N) is 1. The Labute approximate surface area is 117 Å². The number of nitro benzene ring substituents is 1. The molecule has 0 radical (unpaired) electrons. The maximum absolute atomic E-state index is 11.6. The van der Waals surface area contributed by atoms with E-state index in [-0.39, 0.29) is 23.7 Å². The van der Waals surface area contributed by atoms with Crippen LogP contribution in [0.4, 0.5) is 11.4 Å². The second kappa shape index (κ2) is 6.53. The quantitative estimate of drug-likeness (QED) is 0.593. The van der Waals surface area contributed by atoms with Crippen LogP contribution in [0.2, 0.25) is 0 Å². The average Bonchev–Trinajstić information content (AvgIpc) is 2.38. The Morgan fingerprint density at radius 1 is 1.40 bits per heavy atom. The number of rotatable bonds is 7. The summed E-state index contributed by atoms with van der Waals surface area (Å²) in [5, 5.41) is 13.7. The number of hydrogen-bond acceptors (Lipinski definition) is 6. The lowest BCUT2D eigenvalue weighted by atomic mass is 10.2. The van der Waals surface area contributed by atoms with E-state index in [4.69, 9.17) is 4.74 Å². The molecule has 0 amide bonds. The van der Waals surface area contributed by atoms with Gasteiger partial charge < -0.3 is 10.1 Å². The van der Waals surface area contributed by atoms with Crippen molar-refractivity contribution < 1.29 is 18.1 Å². The molecule has 1 aromatic rings. The third kappa shape index (κ3) is 4.07. The van der Waals surface area contributed by atoms with E-state index in [1.54, 1.807) is 6.07 Å². The first-order valence-electron chi connectivity index (χ1n) is 5.74. The molecule has 1 rings (SSSR count). The van der Waals surface area contributed by atoms with Crippen LogP contribution in [0.1, 0.15) is 0 Å². The van der Waals surface area contributed by atoms with Crippen LogP contribution in [0.15, 0.2) is 18.2 Å². The largest absolute Gasteiger partial charge is 0.496 e. The number of hydrogen-bond donors (Lipinski definition) is 1. The zero-order valence-corrected chi connectivity index (χ0v) is 12.3. The van der Waals surface area contributed by atoms with Gasteiger partial charge in [-0.25, -0.2) is 12.7 Å². The summed E-state index contributed by atoms with van der Waals surface area (Å²) in [4.78, 5) is 10.4. The summed E-state index contributed by atoms with van der Waals surface area (Å²) in [6.07, 6.45) is 0. The summed E-state index contributed by atoms with van der Waals surface area (Å²) >= 11 is 0. The summed E-state index contributed by atoms with van der Waals surface area (Å²) in [6.45, 7) is 0.0771. The van der Waals surface area contributed by atoms with Crippen molar-refractivity contribution in [2.24, 2.45) is 0 Å². The predicted octanol–water partition coefficient (Wildman–Crippen LogP) is 0.907. The molecule has 0 bridgehead atoms. The van der Waals surface area contributed by atoms with Crippen molar-refractivity contribution in [3.8, 4) is 5.75 Å². The molecule has 0 unspecified atom stereocenters. The fourth-order valence-corrected chi connectivity index (χ4v) is 2.16. The first-order valence-corrected chi connectivity index (χ1v) is 7.35. The maximum Gasteiger partial charge on any atom is 0.296 e. The van der Waals surface area contributed by atoms with E-state index in [1.165, 1.54) is 33.3 Å². The zero-order valence-electron chi connectivity index (χ0n) is 11.5. The highest BCUT2D eigenvalue weighted by molar-refractivity contribution is 7.89. The molecule has 1 N–H and O–H groups in total. The standard InChI is InChI=1S/C11H17N3O5S/c1-13(2)20(17,18)7-6-12-10-5-4-9(19-3)8-11(10)14(15)16/h4-5,8,12H,6-7H2,1-3H3. The topological polar surface area (TPSA) is 102 Å². The van der Waals surface area contributed by atoms with Crippen molar-refractivity contribution in [3.05, 3.63) is 28.3 Å². The van der Waals surface area contributed by atoms with E-state index in [1.807, 2.05) is 0 Å². The number of nitro groups is 1.